The maximum Gasteiger partial charge on any atom is 0.106 e. The van der Waals surface area contributed by atoms with Crippen LogP contribution >= 0.6 is 0 Å². The molecule has 9 aromatic rings. The molecule has 18 nitrogen and oxygen atoms in total. The molecule has 9 aromatic heterocycles. The van der Waals surface area contributed by atoms with Gasteiger partial charge in [0, 0.05) is 113 Å². The molecule has 0 saturated heterocycles. The molecule has 10 rings (SSSR count). The Morgan fingerprint density at radius 2 is 0.477 bits per heavy atom. The number of aryl methyl sites for hydroxylation is 13. The van der Waals surface area contributed by atoms with Gasteiger partial charge in [0.25, 0.3) is 0 Å². The summed E-state index contributed by atoms with van der Waals surface area (Å²) in [5.74, 6) is 13.0. The van der Waals surface area contributed by atoms with Crippen molar-refractivity contribution in [2.24, 2.45) is 0 Å². The lowest BCUT2D eigenvalue weighted by atomic mass is 10.0. The molecule has 1 saturated carbocycles. The van der Waals surface area contributed by atoms with E-state index in [1.54, 1.807) is 0 Å². The van der Waals surface area contributed by atoms with E-state index >= 15 is 0 Å². The zero-order chi connectivity index (χ0) is 84.3. The fraction of sp³-hybridized carbons (Fsp3) is 0.703. The monoisotopic (exact) mass is 1510 g/mol. The van der Waals surface area contributed by atoms with E-state index in [9.17, 15) is 0 Å². The molecule has 0 aliphatic heterocycles. The minimum Gasteiger partial charge on any atom is -0.332 e. The van der Waals surface area contributed by atoms with E-state index in [4.69, 9.17) is 4.98 Å². The molecule has 0 unspecified atom stereocenters. The standard InChI is InChI=1S/C13H22N2.3C11H20N2.C10H18N2.3C9H16N2.C8H14N2/c1-9(2)15-10(3)13(14-11(15)4)12-7-5-6-8-12;3*1-7(2)11-9(5)13(8(3)4)10(6)12-11;1-7(2)10-6-12(8(3)4)9(5)11-10;3*1-6(2)11-8(4)7(3)10-9(11)5;1-6(2)10-5-7(3)9-8(10)4/h9,12H,5-8H2,1-4H3;3*7-8H,1-6H3;6-8H,1-5H3;3*6H,1-5H3;5-6H,1-4H3. The Labute approximate surface area is 666 Å². The third kappa shape index (κ3) is 26.8. The lowest BCUT2D eigenvalue weighted by molar-refractivity contribution is 0.566. The van der Waals surface area contributed by atoms with Crippen LogP contribution in [0.2, 0.25) is 0 Å². The highest BCUT2D eigenvalue weighted by atomic mass is 15.2. The van der Waals surface area contributed by atoms with Crippen LogP contribution in [0.1, 0.15) is 433 Å². The van der Waals surface area contributed by atoms with Crippen molar-refractivity contribution in [1.82, 2.24) is 86.0 Å². The zero-order valence-corrected chi connectivity index (χ0v) is 78.6. The van der Waals surface area contributed by atoms with E-state index in [1.165, 1.54) is 99.8 Å². The number of hydrogen-bond donors (Lipinski definition) is 0. The second-order valence-electron chi connectivity index (χ2n) is 34.5. The maximum atomic E-state index is 4.78. The van der Waals surface area contributed by atoms with Crippen LogP contribution in [0.15, 0.2) is 12.4 Å². The van der Waals surface area contributed by atoms with Crippen molar-refractivity contribution < 1.29 is 0 Å². The molecule has 0 radical (unpaired) electrons. The zero-order valence-electron chi connectivity index (χ0n) is 78.6. The largest absolute Gasteiger partial charge is 0.332 e. The predicted octanol–water partition coefficient (Wildman–Crippen LogP) is 25.5. The average molecular weight is 1510 g/mol. The topological polar surface area (TPSA) is 160 Å². The number of hydrogen-bond acceptors (Lipinski definition) is 9. The second-order valence-corrected chi connectivity index (χ2v) is 34.5. The lowest BCUT2D eigenvalue weighted by Crippen LogP contribution is -2.05. The van der Waals surface area contributed by atoms with Gasteiger partial charge >= 0.3 is 0 Å². The van der Waals surface area contributed by atoms with Crippen LogP contribution in [-0.2, 0) is 0 Å². The summed E-state index contributed by atoms with van der Waals surface area (Å²) >= 11 is 0. The van der Waals surface area contributed by atoms with Crippen LogP contribution < -0.4 is 0 Å². The number of rotatable bonds is 14. The summed E-state index contributed by atoms with van der Waals surface area (Å²) < 4.78 is 20.4. The Kier molecular flexibility index (Phi) is 39.2. The smallest absolute Gasteiger partial charge is 0.106 e. The SMILES string of the molecule is Cc1cn(C(C)C)c(C)n1.Cc1nc(C(C)C)c(C)n1C(C)C.Cc1nc(C(C)C)c(C)n1C(C)C.Cc1nc(C(C)C)c(C)n1C(C)C.Cc1nc(C(C)C)cn1C(C)C.Cc1nc(C)n(C(C)C)c1C.Cc1nc(C)n(C(C)C)c1C.Cc1nc(C)n(C(C)C)c1C.Cc1nc(C2CCCC2)c(C)n1C(C)C. The molecular formula is C91H162N18. The van der Waals surface area contributed by atoms with Gasteiger partial charge in [0.05, 0.1) is 51.2 Å². The summed E-state index contributed by atoms with van der Waals surface area (Å²) in [6.07, 6.45) is 9.70. The van der Waals surface area contributed by atoms with Gasteiger partial charge in [0.2, 0.25) is 0 Å². The predicted molar refractivity (Wildman–Crippen MR) is 466 cm³/mol. The molecule has 1 aliphatic rings. The van der Waals surface area contributed by atoms with Gasteiger partial charge in [-0.1, -0.05) is 68.2 Å². The lowest BCUT2D eigenvalue weighted by Gasteiger charge is -2.13. The van der Waals surface area contributed by atoms with Crippen LogP contribution in [-0.4, -0.2) is 86.0 Å². The molecule has 1 aliphatic carbocycles. The number of aromatic nitrogens is 18. The number of imidazole rings is 9. The first kappa shape index (κ1) is 98.0. The first-order chi connectivity index (χ1) is 50.2. The van der Waals surface area contributed by atoms with Gasteiger partial charge < -0.3 is 41.1 Å². The minimum absolute atomic E-state index is 0.514. The van der Waals surface area contributed by atoms with Crippen molar-refractivity contribution in [3.63, 3.8) is 0 Å². The average Bonchev–Trinajstić information content (AvgIpc) is 1.23. The summed E-state index contributed by atoms with van der Waals surface area (Å²) in [5, 5.41) is 0. The minimum atomic E-state index is 0.514. The van der Waals surface area contributed by atoms with Crippen molar-refractivity contribution in [3.05, 3.63) is 156 Å². The Morgan fingerprint density at radius 3 is 0.633 bits per heavy atom. The molecule has 0 spiro atoms. The van der Waals surface area contributed by atoms with Crippen molar-refractivity contribution in [1.29, 1.82) is 0 Å². The molecule has 1 fully saturated rings. The quantitative estimate of drug-likeness (QED) is 0.103. The molecule has 18 heteroatoms. The second kappa shape index (κ2) is 43.6. The molecule has 616 valence electrons. The highest BCUT2D eigenvalue weighted by Crippen LogP contribution is 2.36. The van der Waals surface area contributed by atoms with Crippen molar-refractivity contribution in [3.8, 4) is 0 Å². The first-order valence-corrected chi connectivity index (χ1v) is 41.5. The Bertz CT molecular complexity index is 3890. The molecule has 9 heterocycles. The molecule has 109 heavy (non-hydrogen) atoms. The third-order valence-corrected chi connectivity index (χ3v) is 20.8. The third-order valence-electron chi connectivity index (χ3n) is 20.8. The van der Waals surface area contributed by atoms with Gasteiger partial charge in [0.1, 0.15) is 52.4 Å². The normalized spacial score (nSPS) is 12.3. The molecule has 0 amide bonds. The maximum absolute atomic E-state index is 4.78. The van der Waals surface area contributed by atoms with E-state index in [0.717, 1.165) is 75.3 Å². The first-order valence-electron chi connectivity index (χ1n) is 41.5. The van der Waals surface area contributed by atoms with E-state index < -0.39 is 0 Å². The Hall–Kier alpha value is -7.11. The summed E-state index contributed by atoms with van der Waals surface area (Å²) in [6, 6.07) is 4.70. The summed E-state index contributed by atoms with van der Waals surface area (Å²) in [7, 11) is 0. The fourth-order valence-corrected chi connectivity index (χ4v) is 16.1. The Morgan fingerprint density at radius 1 is 0.239 bits per heavy atom. The fourth-order valence-electron chi connectivity index (χ4n) is 16.1. The van der Waals surface area contributed by atoms with E-state index in [-0.39, 0.29) is 0 Å². The summed E-state index contributed by atoms with van der Waals surface area (Å²) in [6.45, 7) is 98.9. The van der Waals surface area contributed by atoms with Gasteiger partial charge in [-0.3, -0.25) is 0 Å². The van der Waals surface area contributed by atoms with Gasteiger partial charge in [-0.2, -0.15) is 0 Å². The van der Waals surface area contributed by atoms with E-state index in [1.807, 2.05) is 13.8 Å². The van der Waals surface area contributed by atoms with Crippen LogP contribution in [0.25, 0.3) is 0 Å². The van der Waals surface area contributed by atoms with Crippen LogP contribution in [0.5, 0.6) is 0 Å². The van der Waals surface area contributed by atoms with Crippen LogP contribution in [0, 0.1) is 138 Å². The van der Waals surface area contributed by atoms with Crippen LogP contribution in [0.3, 0.4) is 0 Å². The van der Waals surface area contributed by atoms with Gasteiger partial charge in [0.15, 0.2) is 0 Å². The molecular weight excluding hydrogens is 1350 g/mol. The summed E-state index contributed by atoms with van der Waals surface area (Å²) in [5.41, 5.74) is 20.1. The van der Waals surface area contributed by atoms with Gasteiger partial charge in [-0.15, -0.1) is 0 Å². The van der Waals surface area contributed by atoms with Crippen molar-refractivity contribution in [2.45, 2.75) is 428 Å². The van der Waals surface area contributed by atoms with Crippen molar-refractivity contribution in [2.75, 3.05) is 0 Å². The Balaban J connectivity index is 0.000000417. The number of nitrogens with zero attached hydrogens (tertiary/aromatic N) is 18. The molecule has 0 aromatic carbocycles. The summed E-state index contributed by atoms with van der Waals surface area (Å²) in [4.78, 5) is 40.5. The van der Waals surface area contributed by atoms with Crippen LogP contribution in [0.4, 0.5) is 0 Å². The highest BCUT2D eigenvalue weighted by molar-refractivity contribution is 5.24. The van der Waals surface area contributed by atoms with Crippen molar-refractivity contribution >= 4 is 0 Å². The molecule has 0 N–H and O–H groups in total. The van der Waals surface area contributed by atoms with E-state index in [0.29, 0.717) is 78.0 Å². The molecule has 0 bridgehead atoms. The highest BCUT2D eigenvalue weighted by Gasteiger charge is 2.25. The van der Waals surface area contributed by atoms with Gasteiger partial charge in [-0.05, 0) is 300 Å². The van der Waals surface area contributed by atoms with Gasteiger partial charge in [-0.25, -0.2) is 44.9 Å². The molecule has 0 atom stereocenters. The van der Waals surface area contributed by atoms with E-state index in [2.05, 4.69) is 398 Å².